The molecule has 1 saturated carbocycles. The number of hydrogen-bond acceptors (Lipinski definition) is 4. The second kappa shape index (κ2) is 12.4. The number of nitrogens with zero attached hydrogens (tertiary/aromatic N) is 1. The van der Waals surface area contributed by atoms with Crippen LogP contribution in [0.3, 0.4) is 0 Å². The molecular weight excluding hydrogens is 497 g/mol. The minimum atomic E-state index is -4.55. The Morgan fingerprint density at radius 3 is 2.42 bits per heavy atom. The first kappa shape index (κ1) is 27.6. The molecule has 3 amide bonds. The number of amides is 3. The first-order valence-electron chi connectivity index (χ1n) is 13.0. The Balaban J connectivity index is 1.24. The Kier molecular flexibility index (Phi) is 9.04. The van der Waals surface area contributed by atoms with Gasteiger partial charge in [-0.25, -0.2) is 0 Å². The van der Waals surface area contributed by atoms with Crippen LogP contribution in [0.5, 0.6) is 0 Å². The topological polar surface area (TPSA) is 90.5 Å². The molecule has 3 N–H and O–H groups in total. The lowest BCUT2D eigenvalue weighted by Crippen LogP contribution is -2.53. The van der Waals surface area contributed by atoms with Crippen molar-refractivity contribution in [3.05, 3.63) is 71.3 Å². The molecule has 0 spiro atoms. The number of halogens is 3. The van der Waals surface area contributed by atoms with E-state index < -0.39 is 23.6 Å². The molecular formula is C28H33F3N4O3. The van der Waals surface area contributed by atoms with Crippen LogP contribution in [-0.2, 0) is 22.2 Å². The summed E-state index contributed by atoms with van der Waals surface area (Å²) in [6, 6.07) is 13.9. The summed E-state index contributed by atoms with van der Waals surface area (Å²) in [5.41, 5.74) is -0.100. The Labute approximate surface area is 220 Å². The van der Waals surface area contributed by atoms with Crippen LogP contribution in [0.2, 0.25) is 0 Å². The van der Waals surface area contributed by atoms with Gasteiger partial charge in [0.2, 0.25) is 11.8 Å². The monoisotopic (exact) mass is 530 g/mol. The zero-order chi connectivity index (χ0) is 27.1. The van der Waals surface area contributed by atoms with Gasteiger partial charge in [0.15, 0.2) is 0 Å². The normalized spacial score (nSPS) is 22.0. The number of rotatable bonds is 8. The van der Waals surface area contributed by atoms with Gasteiger partial charge in [-0.2, -0.15) is 13.2 Å². The quantitative estimate of drug-likeness (QED) is 0.489. The number of alkyl halides is 3. The van der Waals surface area contributed by atoms with Crippen LogP contribution < -0.4 is 16.0 Å². The molecule has 2 aromatic carbocycles. The fourth-order valence-corrected chi connectivity index (χ4v) is 5.34. The predicted octanol–water partition coefficient (Wildman–Crippen LogP) is 3.30. The number of benzene rings is 2. The maximum Gasteiger partial charge on any atom is 0.416 e. The van der Waals surface area contributed by atoms with Crippen LogP contribution >= 0.6 is 0 Å². The highest BCUT2D eigenvalue weighted by molar-refractivity contribution is 5.96. The molecule has 1 saturated heterocycles. The summed E-state index contributed by atoms with van der Waals surface area (Å²) >= 11 is 0. The van der Waals surface area contributed by atoms with Crippen molar-refractivity contribution < 1.29 is 27.6 Å². The van der Waals surface area contributed by atoms with Gasteiger partial charge in [0, 0.05) is 36.8 Å². The van der Waals surface area contributed by atoms with Gasteiger partial charge in [0.25, 0.3) is 5.91 Å². The molecule has 0 bridgehead atoms. The summed E-state index contributed by atoms with van der Waals surface area (Å²) < 4.78 is 38.7. The Morgan fingerprint density at radius 2 is 1.66 bits per heavy atom. The third kappa shape index (κ3) is 7.56. The number of hydrogen-bond donors (Lipinski definition) is 3. The number of carbonyl (C=O) groups is 3. The fourth-order valence-electron chi connectivity index (χ4n) is 5.34. The van der Waals surface area contributed by atoms with E-state index >= 15 is 0 Å². The second-order valence-electron chi connectivity index (χ2n) is 10.00. The SMILES string of the molecule is O=C(CNC(=O)c1cccc(C(F)(F)F)c1)NC1CCN(C2CCCCC2NC(=O)Cc2ccccc2)C1. The zero-order valence-corrected chi connectivity index (χ0v) is 21.1. The van der Waals surface area contributed by atoms with E-state index in [0.717, 1.165) is 62.4 Å². The van der Waals surface area contributed by atoms with Gasteiger partial charge < -0.3 is 16.0 Å². The van der Waals surface area contributed by atoms with E-state index in [2.05, 4.69) is 20.9 Å². The minimum absolute atomic E-state index is 0.00802. The number of carbonyl (C=O) groups excluding carboxylic acids is 3. The third-order valence-electron chi connectivity index (χ3n) is 7.20. The van der Waals surface area contributed by atoms with Gasteiger partial charge in [0.1, 0.15) is 0 Å². The lowest BCUT2D eigenvalue weighted by molar-refractivity contribution is -0.137. The molecule has 10 heteroatoms. The molecule has 1 aliphatic heterocycles. The molecule has 2 aromatic rings. The summed E-state index contributed by atoms with van der Waals surface area (Å²) in [6.07, 6.45) is 0.578. The molecule has 38 heavy (non-hydrogen) atoms. The van der Waals surface area contributed by atoms with Crippen LogP contribution in [0, 0.1) is 0 Å². The molecule has 0 aromatic heterocycles. The van der Waals surface area contributed by atoms with Crippen molar-refractivity contribution in [2.24, 2.45) is 0 Å². The average molecular weight is 531 g/mol. The van der Waals surface area contributed by atoms with Crippen molar-refractivity contribution in [2.45, 2.75) is 62.8 Å². The zero-order valence-electron chi connectivity index (χ0n) is 21.1. The summed E-state index contributed by atoms with van der Waals surface area (Å²) in [5.74, 6) is -1.13. The van der Waals surface area contributed by atoms with Crippen molar-refractivity contribution in [1.82, 2.24) is 20.9 Å². The molecule has 0 radical (unpaired) electrons. The molecule has 2 aliphatic rings. The van der Waals surface area contributed by atoms with Gasteiger partial charge in [0.05, 0.1) is 18.5 Å². The van der Waals surface area contributed by atoms with Crippen LogP contribution in [0.1, 0.15) is 53.6 Å². The molecule has 2 fully saturated rings. The molecule has 3 unspecified atom stereocenters. The molecule has 7 nitrogen and oxygen atoms in total. The van der Waals surface area contributed by atoms with Gasteiger partial charge in [-0.1, -0.05) is 49.2 Å². The molecule has 1 aliphatic carbocycles. The van der Waals surface area contributed by atoms with Crippen molar-refractivity contribution >= 4 is 17.7 Å². The summed E-state index contributed by atoms with van der Waals surface area (Å²) in [4.78, 5) is 39.7. The Bertz CT molecular complexity index is 1130. The maximum absolute atomic E-state index is 12.9. The van der Waals surface area contributed by atoms with Crippen LogP contribution in [0.15, 0.2) is 54.6 Å². The lowest BCUT2D eigenvalue weighted by atomic mass is 9.89. The summed E-state index contributed by atoms with van der Waals surface area (Å²) in [7, 11) is 0. The standard InChI is InChI=1S/C28H33F3N4O3/c29-28(30,31)21-10-6-9-20(16-21)27(38)32-17-26(37)33-22-13-14-35(18-22)24-12-5-4-11-23(24)34-25(36)15-19-7-2-1-3-8-19/h1-3,6-10,16,22-24H,4-5,11-15,17-18H2,(H,32,38)(H,33,37)(H,34,36). The van der Waals surface area contributed by atoms with E-state index in [9.17, 15) is 27.6 Å². The third-order valence-corrected chi connectivity index (χ3v) is 7.20. The van der Waals surface area contributed by atoms with E-state index in [1.807, 2.05) is 30.3 Å². The van der Waals surface area contributed by atoms with E-state index in [4.69, 9.17) is 0 Å². The molecule has 1 heterocycles. The van der Waals surface area contributed by atoms with E-state index in [0.29, 0.717) is 13.0 Å². The van der Waals surface area contributed by atoms with E-state index in [-0.39, 0.29) is 36.1 Å². The Hall–Kier alpha value is -3.40. The van der Waals surface area contributed by atoms with Crippen molar-refractivity contribution in [3.8, 4) is 0 Å². The van der Waals surface area contributed by atoms with Crippen molar-refractivity contribution in [1.29, 1.82) is 0 Å². The van der Waals surface area contributed by atoms with Gasteiger partial charge >= 0.3 is 6.18 Å². The molecule has 204 valence electrons. The van der Waals surface area contributed by atoms with Gasteiger partial charge in [-0.15, -0.1) is 0 Å². The number of nitrogens with one attached hydrogen (secondary N) is 3. The number of likely N-dealkylation sites (tertiary alicyclic amines) is 1. The first-order chi connectivity index (χ1) is 18.2. The van der Waals surface area contributed by atoms with Crippen molar-refractivity contribution in [2.75, 3.05) is 19.6 Å². The first-order valence-corrected chi connectivity index (χ1v) is 13.0. The highest BCUT2D eigenvalue weighted by Crippen LogP contribution is 2.29. The van der Waals surface area contributed by atoms with Gasteiger partial charge in [-0.05, 0) is 43.0 Å². The van der Waals surface area contributed by atoms with Crippen LogP contribution in [0.25, 0.3) is 0 Å². The summed E-state index contributed by atoms with van der Waals surface area (Å²) in [5, 5.41) is 8.54. The largest absolute Gasteiger partial charge is 0.416 e. The molecule has 4 rings (SSSR count). The van der Waals surface area contributed by atoms with Crippen LogP contribution in [0.4, 0.5) is 13.2 Å². The van der Waals surface area contributed by atoms with Crippen molar-refractivity contribution in [3.63, 3.8) is 0 Å². The van der Waals surface area contributed by atoms with E-state index in [1.54, 1.807) is 0 Å². The smallest absolute Gasteiger partial charge is 0.352 e. The van der Waals surface area contributed by atoms with E-state index in [1.165, 1.54) is 6.07 Å². The Morgan fingerprint density at radius 1 is 0.895 bits per heavy atom. The predicted molar refractivity (Wildman–Crippen MR) is 136 cm³/mol. The minimum Gasteiger partial charge on any atom is -0.352 e. The highest BCUT2D eigenvalue weighted by Gasteiger charge is 2.36. The average Bonchev–Trinajstić information content (AvgIpc) is 3.36. The maximum atomic E-state index is 12.9. The fraction of sp³-hybridized carbons (Fsp3) is 0.464. The second-order valence-corrected chi connectivity index (χ2v) is 10.00. The van der Waals surface area contributed by atoms with Crippen LogP contribution in [-0.4, -0.2) is 60.4 Å². The van der Waals surface area contributed by atoms with Gasteiger partial charge in [-0.3, -0.25) is 19.3 Å². The molecule has 3 atom stereocenters. The highest BCUT2D eigenvalue weighted by atomic mass is 19.4. The lowest BCUT2D eigenvalue weighted by Gasteiger charge is -2.38. The summed E-state index contributed by atoms with van der Waals surface area (Å²) in [6.45, 7) is 1.10.